The fourth-order valence-electron chi connectivity index (χ4n) is 2.33. The summed E-state index contributed by atoms with van der Waals surface area (Å²) in [5, 5.41) is 7.99. The van der Waals surface area contributed by atoms with Gasteiger partial charge in [-0.25, -0.2) is 4.79 Å². The van der Waals surface area contributed by atoms with Crippen molar-refractivity contribution in [3.8, 4) is 17.2 Å². The van der Waals surface area contributed by atoms with Crippen molar-refractivity contribution in [2.75, 3.05) is 6.61 Å². The summed E-state index contributed by atoms with van der Waals surface area (Å²) in [6.07, 6.45) is -0.653. The van der Waals surface area contributed by atoms with Crippen LogP contribution >= 0.6 is 0 Å². The molecule has 0 aliphatic heterocycles. The highest BCUT2D eigenvalue weighted by Gasteiger charge is 2.20. The van der Waals surface area contributed by atoms with Gasteiger partial charge >= 0.3 is 5.97 Å². The first-order valence-corrected chi connectivity index (χ1v) is 8.85. The Bertz CT molecular complexity index is 873. The Morgan fingerprint density at radius 1 is 1.00 bits per heavy atom. The molecular formula is C21H22N2O4. The zero-order chi connectivity index (χ0) is 19.2. The maximum absolute atomic E-state index is 12.3. The summed E-state index contributed by atoms with van der Waals surface area (Å²) in [6.45, 7) is 6.48. The first kappa shape index (κ1) is 18.6. The molecule has 1 aromatic heterocycles. The summed E-state index contributed by atoms with van der Waals surface area (Å²) in [7, 11) is 0. The first-order valence-electron chi connectivity index (χ1n) is 8.85. The van der Waals surface area contributed by atoms with Crippen LogP contribution in [0.2, 0.25) is 0 Å². The SMILES string of the molecule is CC(C)COc1ccc(C(=O)O[C@H](C)c2nnc(-c3ccccc3)o2)cc1. The molecule has 0 aliphatic carbocycles. The van der Waals surface area contributed by atoms with Crippen LogP contribution < -0.4 is 4.74 Å². The van der Waals surface area contributed by atoms with Crippen molar-refractivity contribution in [3.63, 3.8) is 0 Å². The summed E-state index contributed by atoms with van der Waals surface area (Å²) in [5.41, 5.74) is 1.24. The van der Waals surface area contributed by atoms with E-state index in [1.807, 2.05) is 30.3 Å². The van der Waals surface area contributed by atoms with E-state index in [1.54, 1.807) is 31.2 Å². The Morgan fingerprint density at radius 3 is 2.37 bits per heavy atom. The molecule has 0 bridgehead atoms. The molecule has 6 nitrogen and oxygen atoms in total. The molecular weight excluding hydrogens is 344 g/mol. The van der Waals surface area contributed by atoms with Gasteiger partial charge in [0.1, 0.15) is 5.75 Å². The summed E-state index contributed by atoms with van der Waals surface area (Å²) in [4.78, 5) is 12.3. The number of nitrogens with zero attached hydrogens (tertiary/aromatic N) is 2. The molecule has 140 valence electrons. The van der Waals surface area contributed by atoms with Crippen molar-refractivity contribution in [2.45, 2.75) is 26.9 Å². The van der Waals surface area contributed by atoms with E-state index in [1.165, 1.54) is 0 Å². The van der Waals surface area contributed by atoms with Gasteiger partial charge in [0.15, 0.2) is 6.10 Å². The number of carbonyl (C=O) groups excluding carboxylic acids is 1. The van der Waals surface area contributed by atoms with E-state index in [0.29, 0.717) is 24.0 Å². The third kappa shape index (κ3) is 4.94. The van der Waals surface area contributed by atoms with Crippen LogP contribution in [0.3, 0.4) is 0 Å². The summed E-state index contributed by atoms with van der Waals surface area (Å²) in [5.74, 6) is 1.33. The van der Waals surface area contributed by atoms with Gasteiger partial charge in [0.05, 0.1) is 12.2 Å². The van der Waals surface area contributed by atoms with Gasteiger partial charge in [-0.05, 0) is 49.2 Å². The van der Waals surface area contributed by atoms with Crippen LogP contribution in [0.4, 0.5) is 0 Å². The van der Waals surface area contributed by atoms with Crippen molar-refractivity contribution in [2.24, 2.45) is 5.92 Å². The number of hydrogen-bond donors (Lipinski definition) is 0. The lowest BCUT2D eigenvalue weighted by atomic mass is 10.2. The molecule has 0 N–H and O–H groups in total. The van der Waals surface area contributed by atoms with Gasteiger partial charge in [-0.15, -0.1) is 10.2 Å². The molecule has 6 heteroatoms. The van der Waals surface area contributed by atoms with Crippen LogP contribution in [0, 0.1) is 5.92 Å². The van der Waals surface area contributed by atoms with Crippen LogP contribution in [0.25, 0.3) is 11.5 Å². The molecule has 2 aromatic carbocycles. The minimum atomic E-state index is -0.653. The topological polar surface area (TPSA) is 74.5 Å². The predicted octanol–water partition coefficient (Wildman–Crippen LogP) is 4.69. The highest BCUT2D eigenvalue weighted by atomic mass is 16.6. The summed E-state index contributed by atoms with van der Waals surface area (Å²) >= 11 is 0. The first-order chi connectivity index (χ1) is 13.0. The minimum absolute atomic E-state index is 0.249. The van der Waals surface area contributed by atoms with Gasteiger partial charge in [0.2, 0.25) is 5.89 Å². The van der Waals surface area contributed by atoms with Gasteiger partial charge in [-0.1, -0.05) is 32.0 Å². The zero-order valence-corrected chi connectivity index (χ0v) is 15.6. The Morgan fingerprint density at radius 2 is 1.70 bits per heavy atom. The molecule has 0 saturated heterocycles. The second kappa shape index (κ2) is 8.49. The lowest BCUT2D eigenvalue weighted by Crippen LogP contribution is -2.10. The average molecular weight is 366 g/mol. The molecule has 0 aliphatic rings. The van der Waals surface area contributed by atoms with Crippen molar-refractivity contribution in [3.05, 3.63) is 66.1 Å². The normalized spacial score (nSPS) is 12.0. The molecule has 1 heterocycles. The standard InChI is InChI=1S/C21H22N2O4/c1-14(2)13-25-18-11-9-17(10-12-18)21(24)26-15(3)19-22-23-20(27-19)16-7-5-4-6-8-16/h4-12,14-15H,13H2,1-3H3/t15-/m1/s1. The van der Waals surface area contributed by atoms with Gasteiger partial charge in [0, 0.05) is 5.56 Å². The van der Waals surface area contributed by atoms with Gasteiger partial charge in [0.25, 0.3) is 5.89 Å². The minimum Gasteiger partial charge on any atom is -0.493 e. The number of benzene rings is 2. The second-order valence-corrected chi connectivity index (χ2v) is 6.59. The highest BCUT2D eigenvalue weighted by Crippen LogP contribution is 2.23. The van der Waals surface area contributed by atoms with Crippen LogP contribution in [0.15, 0.2) is 59.0 Å². The number of esters is 1. The molecule has 0 saturated carbocycles. The average Bonchev–Trinajstić information content (AvgIpc) is 3.18. The number of carbonyl (C=O) groups is 1. The third-order valence-electron chi connectivity index (χ3n) is 3.77. The molecule has 3 rings (SSSR count). The van der Waals surface area contributed by atoms with Crippen molar-refractivity contribution in [1.29, 1.82) is 0 Å². The van der Waals surface area contributed by atoms with E-state index in [9.17, 15) is 4.79 Å². The van der Waals surface area contributed by atoms with E-state index in [-0.39, 0.29) is 5.89 Å². The van der Waals surface area contributed by atoms with Crippen molar-refractivity contribution < 1.29 is 18.7 Å². The Balaban J connectivity index is 1.61. The van der Waals surface area contributed by atoms with Crippen LogP contribution in [-0.2, 0) is 4.74 Å². The fraction of sp³-hybridized carbons (Fsp3) is 0.286. The Labute approximate surface area is 158 Å². The fourth-order valence-corrected chi connectivity index (χ4v) is 2.33. The largest absolute Gasteiger partial charge is 0.493 e. The van der Waals surface area contributed by atoms with Crippen molar-refractivity contribution >= 4 is 5.97 Å². The molecule has 0 spiro atoms. The molecule has 0 radical (unpaired) electrons. The van der Waals surface area contributed by atoms with Crippen LogP contribution in [-0.4, -0.2) is 22.8 Å². The molecule has 0 amide bonds. The van der Waals surface area contributed by atoms with E-state index >= 15 is 0 Å². The second-order valence-electron chi connectivity index (χ2n) is 6.59. The molecule has 27 heavy (non-hydrogen) atoms. The Kier molecular flexibility index (Phi) is 5.86. The molecule has 3 aromatic rings. The third-order valence-corrected chi connectivity index (χ3v) is 3.77. The van der Waals surface area contributed by atoms with Gasteiger partial charge < -0.3 is 13.9 Å². The maximum atomic E-state index is 12.3. The number of rotatable bonds is 7. The monoisotopic (exact) mass is 366 g/mol. The molecule has 1 atom stereocenters. The quantitative estimate of drug-likeness (QED) is 0.565. The van der Waals surface area contributed by atoms with Gasteiger partial charge in [-0.2, -0.15) is 0 Å². The molecule has 0 unspecified atom stereocenters. The number of ether oxygens (including phenoxy) is 2. The van der Waals surface area contributed by atoms with E-state index in [2.05, 4.69) is 24.0 Å². The predicted molar refractivity (Wildman–Crippen MR) is 100 cm³/mol. The van der Waals surface area contributed by atoms with E-state index < -0.39 is 12.1 Å². The molecule has 0 fully saturated rings. The maximum Gasteiger partial charge on any atom is 0.338 e. The van der Waals surface area contributed by atoms with Crippen LogP contribution in [0.5, 0.6) is 5.75 Å². The summed E-state index contributed by atoms with van der Waals surface area (Å²) in [6, 6.07) is 16.3. The van der Waals surface area contributed by atoms with Crippen LogP contribution in [0.1, 0.15) is 43.1 Å². The number of aromatic nitrogens is 2. The zero-order valence-electron chi connectivity index (χ0n) is 15.6. The van der Waals surface area contributed by atoms with E-state index in [0.717, 1.165) is 11.3 Å². The lowest BCUT2D eigenvalue weighted by Gasteiger charge is -2.11. The number of hydrogen-bond acceptors (Lipinski definition) is 6. The summed E-state index contributed by atoms with van der Waals surface area (Å²) < 4.78 is 16.7. The lowest BCUT2D eigenvalue weighted by molar-refractivity contribution is 0.0280. The van der Waals surface area contributed by atoms with E-state index in [4.69, 9.17) is 13.9 Å². The highest BCUT2D eigenvalue weighted by molar-refractivity contribution is 5.89. The van der Waals surface area contributed by atoms with Gasteiger partial charge in [-0.3, -0.25) is 0 Å². The smallest absolute Gasteiger partial charge is 0.338 e. The Hall–Kier alpha value is -3.15. The van der Waals surface area contributed by atoms with Crippen molar-refractivity contribution in [1.82, 2.24) is 10.2 Å².